The topological polar surface area (TPSA) is 64.3 Å². The third-order valence-electron chi connectivity index (χ3n) is 3.73. The lowest BCUT2D eigenvalue weighted by atomic mass is 10.1. The van der Waals surface area contributed by atoms with Crippen LogP contribution in [0.1, 0.15) is 30.6 Å². The van der Waals surface area contributed by atoms with Crippen molar-refractivity contribution in [3.05, 3.63) is 23.8 Å². The summed E-state index contributed by atoms with van der Waals surface area (Å²) in [6, 6.07) is 5.20. The number of nitrogens with two attached hydrogens (primary N) is 1. The van der Waals surface area contributed by atoms with Crippen LogP contribution in [0.15, 0.2) is 18.2 Å². The molecular formula is C14H20N2O2. The van der Waals surface area contributed by atoms with Crippen molar-refractivity contribution < 1.29 is 9.53 Å². The van der Waals surface area contributed by atoms with Gasteiger partial charge in [0.1, 0.15) is 0 Å². The summed E-state index contributed by atoms with van der Waals surface area (Å²) in [6.07, 6.45) is 1.25. The molecule has 1 aliphatic rings. The molecule has 3 N–H and O–H groups in total. The largest absolute Gasteiger partial charge is 0.465 e. The number of carbonyl (C=O) groups is 1. The number of esters is 1. The molecule has 0 amide bonds. The molecule has 0 aromatic heterocycles. The lowest BCUT2D eigenvalue weighted by Gasteiger charge is -2.11. The Hall–Kier alpha value is -1.71. The number of anilines is 2. The van der Waals surface area contributed by atoms with Crippen LogP contribution in [0.5, 0.6) is 0 Å². The number of hydrogen-bond acceptors (Lipinski definition) is 4. The maximum Gasteiger partial charge on any atom is 0.337 e. The quantitative estimate of drug-likeness (QED) is 0.634. The number of nitrogens with one attached hydrogen (secondary N) is 1. The van der Waals surface area contributed by atoms with Gasteiger partial charge in [0.2, 0.25) is 0 Å². The number of nitrogen functional groups attached to an aromatic ring is 1. The number of methoxy groups -OCH3 is 1. The molecule has 0 aliphatic heterocycles. The third kappa shape index (κ3) is 2.58. The van der Waals surface area contributed by atoms with Gasteiger partial charge in [-0.2, -0.15) is 0 Å². The van der Waals surface area contributed by atoms with E-state index in [4.69, 9.17) is 5.73 Å². The summed E-state index contributed by atoms with van der Waals surface area (Å²) in [5, 5.41) is 3.34. The molecule has 0 bridgehead atoms. The minimum absolute atomic E-state index is 0.364. The highest BCUT2D eigenvalue weighted by molar-refractivity contribution is 5.91. The van der Waals surface area contributed by atoms with Crippen LogP contribution in [-0.2, 0) is 4.74 Å². The fraction of sp³-hybridized carbons (Fsp3) is 0.500. The molecule has 0 radical (unpaired) electrons. The molecule has 1 fully saturated rings. The molecule has 0 heterocycles. The van der Waals surface area contributed by atoms with Gasteiger partial charge in [-0.25, -0.2) is 4.79 Å². The number of rotatable bonds is 4. The number of hydrogen-bond donors (Lipinski definition) is 2. The summed E-state index contributed by atoms with van der Waals surface area (Å²) in [5.41, 5.74) is 8.31. The highest BCUT2D eigenvalue weighted by Gasteiger charge is 2.44. The van der Waals surface area contributed by atoms with E-state index in [0.29, 0.717) is 22.6 Å². The normalized spacial score (nSPS) is 20.3. The highest BCUT2D eigenvalue weighted by atomic mass is 16.5. The summed E-state index contributed by atoms with van der Waals surface area (Å²) in [5.74, 6) is 0.341. The van der Waals surface area contributed by atoms with E-state index in [1.54, 1.807) is 12.1 Å². The summed E-state index contributed by atoms with van der Waals surface area (Å²) in [6.45, 7) is 5.46. The second kappa shape index (κ2) is 4.52. The summed E-state index contributed by atoms with van der Waals surface area (Å²) >= 11 is 0. The molecule has 1 atom stereocenters. The van der Waals surface area contributed by atoms with E-state index in [1.165, 1.54) is 13.5 Å². The first-order chi connectivity index (χ1) is 8.44. The Morgan fingerprint density at radius 3 is 2.72 bits per heavy atom. The van der Waals surface area contributed by atoms with Crippen molar-refractivity contribution in [2.45, 2.75) is 20.3 Å². The van der Waals surface area contributed by atoms with E-state index in [2.05, 4.69) is 23.9 Å². The van der Waals surface area contributed by atoms with Crippen molar-refractivity contribution >= 4 is 17.3 Å². The molecule has 0 saturated heterocycles. The van der Waals surface area contributed by atoms with Crippen molar-refractivity contribution in [2.24, 2.45) is 11.3 Å². The maximum absolute atomic E-state index is 11.3. The Morgan fingerprint density at radius 2 is 2.22 bits per heavy atom. The van der Waals surface area contributed by atoms with Gasteiger partial charge in [-0.15, -0.1) is 0 Å². The number of benzene rings is 1. The van der Waals surface area contributed by atoms with Crippen LogP contribution in [0.25, 0.3) is 0 Å². The molecule has 1 aromatic carbocycles. The molecule has 98 valence electrons. The molecule has 2 rings (SSSR count). The van der Waals surface area contributed by atoms with Gasteiger partial charge in [0.15, 0.2) is 0 Å². The molecule has 0 spiro atoms. The van der Waals surface area contributed by atoms with E-state index in [9.17, 15) is 4.79 Å². The van der Waals surface area contributed by atoms with Crippen LogP contribution >= 0.6 is 0 Å². The lowest BCUT2D eigenvalue weighted by molar-refractivity contribution is 0.0601. The first kappa shape index (κ1) is 12.7. The van der Waals surface area contributed by atoms with Gasteiger partial charge in [0.05, 0.1) is 24.0 Å². The van der Waals surface area contributed by atoms with Crippen molar-refractivity contribution in [1.29, 1.82) is 0 Å². The minimum Gasteiger partial charge on any atom is -0.465 e. The van der Waals surface area contributed by atoms with Crippen LogP contribution in [-0.4, -0.2) is 19.6 Å². The predicted octanol–water partition coefficient (Wildman–Crippen LogP) is 2.51. The van der Waals surface area contributed by atoms with Crippen LogP contribution < -0.4 is 11.1 Å². The van der Waals surface area contributed by atoms with Gasteiger partial charge < -0.3 is 15.8 Å². The van der Waals surface area contributed by atoms with Crippen LogP contribution in [0.3, 0.4) is 0 Å². The molecule has 1 aliphatic carbocycles. The maximum atomic E-state index is 11.3. The second-order valence-corrected chi connectivity index (χ2v) is 5.56. The smallest absolute Gasteiger partial charge is 0.337 e. The van der Waals surface area contributed by atoms with Gasteiger partial charge in [-0.05, 0) is 36.0 Å². The predicted molar refractivity (Wildman–Crippen MR) is 72.6 cm³/mol. The Balaban J connectivity index is 1.99. The van der Waals surface area contributed by atoms with Crippen molar-refractivity contribution in [2.75, 3.05) is 24.7 Å². The summed E-state index contributed by atoms with van der Waals surface area (Å²) < 4.78 is 4.65. The monoisotopic (exact) mass is 248 g/mol. The minimum atomic E-state index is -0.364. The van der Waals surface area contributed by atoms with Crippen molar-refractivity contribution in [3.8, 4) is 0 Å². The molecular weight excluding hydrogens is 228 g/mol. The molecule has 4 heteroatoms. The lowest BCUT2D eigenvalue weighted by Crippen LogP contribution is -2.10. The molecule has 1 unspecified atom stereocenters. The van der Waals surface area contributed by atoms with E-state index < -0.39 is 0 Å². The van der Waals surface area contributed by atoms with Gasteiger partial charge in [-0.1, -0.05) is 13.8 Å². The fourth-order valence-electron chi connectivity index (χ4n) is 2.13. The van der Waals surface area contributed by atoms with Crippen LogP contribution in [0.2, 0.25) is 0 Å². The Morgan fingerprint density at radius 1 is 1.56 bits per heavy atom. The Kier molecular flexibility index (Phi) is 3.20. The van der Waals surface area contributed by atoms with Gasteiger partial charge in [-0.3, -0.25) is 0 Å². The zero-order chi connectivity index (χ0) is 13.3. The van der Waals surface area contributed by atoms with Crippen molar-refractivity contribution in [1.82, 2.24) is 0 Å². The second-order valence-electron chi connectivity index (χ2n) is 5.56. The zero-order valence-electron chi connectivity index (χ0n) is 11.1. The third-order valence-corrected chi connectivity index (χ3v) is 3.73. The first-order valence-electron chi connectivity index (χ1n) is 6.16. The zero-order valence-corrected chi connectivity index (χ0v) is 11.1. The Labute approximate surface area is 108 Å². The number of ether oxygens (including phenoxy) is 1. The molecule has 18 heavy (non-hydrogen) atoms. The van der Waals surface area contributed by atoms with Gasteiger partial charge >= 0.3 is 5.97 Å². The number of carbonyl (C=O) groups excluding carboxylic acids is 1. The molecule has 1 aromatic rings. The van der Waals surface area contributed by atoms with Gasteiger partial charge in [0, 0.05) is 6.54 Å². The van der Waals surface area contributed by atoms with Crippen LogP contribution in [0, 0.1) is 11.3 Å². The summed E-state index contributed by atoms with van der Waals surface area (Å²) in [4.78, 5) is 11.3. The average molecular weight is 248 g/mol. The fourth-order valence-corrected chi connectivity index (χ4v) is 2.13. The average Bonchev–Trinajstić information content (AvgIpc) is 2.94. The molecule has 4 nitrogen and oxygen atoms in total. The standard InChI is InChI=1S/C14H20N2O2/c1-14(2)7-10(14)8-16-12-5-4-9(6-11(12)15)13(17)18-3/h4-6,10,16H,7-8,15H2,1-3H3. The van der Waals surface area contributed by atoms with E-state index in [0.717, 1.165) is 12.2 Å². The van der Waals surface area contributed by atoms with Gasteiger partial charge in [0.25, 0.3) is 0 Å². The highest BCUT2D eigenvalue weighted by Crippen LogP contribution is 2.51. The SMILES string of the molecule is COC(=O)c1ccc(NCC2CC2(C)C)c(N)c1. The summed E-state index contributed by atoms with van der Waals surface area (Å²) in [7, 11) is 1.36. The van der Waals surface area contributed by atoms with E-state index in [-0.39, 0.29) is 5.97 Å². The molecule has 1 saturated carbocycles. The van der Waals surface area contributed by atoms with Crippen molar-refractivity contribution in [3.63, 3.8) is 0 Å². The van der Waals surface area contributed by atoms with E-state index >= 15 is 0 Å². The Bertz CT molecular complexity index is 469. The first-order valence-corrected chi connectivity index (χ1v) is 6.16. The van der Waals surface area contributed by atoms with E-state index in [1.807, 2.05) is 6.07 Å². The van der Waals surface area contributed by atoms with Crippen LogP contribution in [0.4, 0.5) is 11.4 Å².